The van der Waals surface area contributed by atoms with E-state index in [1.807, 2.05) is 12.3 Å². The summed E-state index contributed by atoms with van der Waals surface area (Å²) in [6.45, 7) is 3.95. The third-order valence-electron chi connectivity index (χ3n) is 2.13. The van der Waals surface area contributed by atoms with Gasteiger partial charge in [-0.1, -0.05) is 6.92 Å². The second-order valence-electron chi connectivity index (χ2n) is 3.56. The molecule has 0 radical (unpaired) electrons. The molecule has 2 rings (SSSR count). The molecule has 0 spiro atoms. The Morgan fingerprint density at radius 1 is 1.56 bits per heavy atom. The molecule has 1 amide bonds. The molecular weight excluding hydrogens is 266 g/mol. The summed E-state index contributed by atoms with van der Waals surface area (Å²) in [4.78, 5) is 20.4. The predicted octanol–water partition coefficient (Wildman–Crippen LogP) is 3.21. The van der Waals surface area contributed by atoms with Gasteiger partial charge in [-0.3, -0.25) is 10.1 Å². The summed E-state index contributed by atoms with van der Waals surface area (Å²) in [5.41, 5.74) is 1.51. The van der Waals surface area contributed by atoms with Crippen LogP contribution in [0.3, 0.4) is 0 Å². The topological polar surface area (TPSA) is 54.9 Å². The van der Waals surface area contributed by atoms with Crippen molar-refractivity contribution < 1.29 is 4.79 Å². The number of anilines is 1. The van der Waals surface area contributed by atoms with Gasteiger partial charge in [0, 0.05) is 17.1 Å². The smallest absolute Gasteiger partial charge is 0.257 e. The Hall–Kier alpha value is -1.40. The molecule has 0 atom stereocenters. The number of rotatable bonds is 4. The van der Waals surface area contributed by atoms with E-state index in [4.69, 9.17) is 0 Å². The van der Waals surface area contributed by atoms with Crippen LogP contribution in [-0.2, 0) is 0 Å². The SMILES string of the molecule is CCSc1cc(C(=O)Nc2nc(C)cs2)ccn1. The number of thiazole rings is 1. The van der Waals surface area contributed by atoms with E-state index in [2.05, 4.69) is 22.2 Å². The minimum atomic E-state index is -0.148. The van der Waals surface area contributed by atoms with E-state index in [1.54, 1.807) is 30.1 Å². The zero-order valence-electron chi connectivity index (χ0n) is 10.1. The van der Waals surface area contributed by atoms with Crippen molar-refractivity contribution >= 4 is 34.1 Å². The quantitative estimate of drug-likeness (QED) is 0.873. The summed E-state index contributed by atoms with van der Waals surface area (Å²) in [5, 5.41) is 6.17. The molecule has 0 fully saturated rings. The first-order chi connectivity index (χ1) is 8.69. The van der Waals surface area contributed by atoms with Gasteiger partial charge in [0.25, 0.3) is 5.91 Å². The van der Waals surface area contributed by atoms with E-state index in [0.29, 0.717) is 10.7 Å². The standard InChI is InChI=1S/C12H13N3OS2/c1-3-17-10-6-9(4-5-13-10)11(16)15-12-14-8(2)7-18-12/h4-7H,3H2,1-2H3,(H,14,15,16). The number of carbonyl (C=O) groups is 1. The number of thioether (sulfide) groups is 1. The maximum absolute atomic E-state index is 12.0. The van der Waals surface area contributed by atoms with Crippen molar-refractivity contribution in [1.29, 1.82) is 0 Å². The Labute approximate surface area is 114 Å². The van der Waals surface area contributed by atoms with E-state index in [0.717, 1.165) is 16.5 Å². The average molecular weight is 279 g/mol. The molecule has 0 unspecified atom stereocenters. The largest absolute Gasteiger partial charge is 0.298 e. The van der Waals surface area contributed by atoms with Crippen LogP contribution in [0.15, 0.2) is 28.7 Å². The van der Waals surface area contributed by atoms with Gasteiger partial charge in [-0.15, -0.1) is 23.1 Å². The van der Waals surface area contributed by atoms with E-state index < -0.39 is 0 Å². The lowest BCUT2D eigenvalue weighted by molar-refractivity contribution is 0.102. The Morgan fingerprint density at radius 2 is 2.39 bits per heavy atom. The summed E-state index contributed by atoms with van der Waals surface area (Å²) in [5.74, 6) is 0.786. The van der Waals surface area contributed by atoms with Crippen LogP contribution in [0.25, 0.3) is 0 Å². The van der Waals surface area contributed by atoms with Gasteiger partial charge in [-0.2, -0.15) is 0 Å². The average Bonchev–Trinajstić information content (AvgIpc) is 2.75. The van der Waals surface area contributed by atoms with Gasteiger partial charge in [0.15, 0.2) is 5.13 Å². The molecule has 0 aliphatic heterocycles. The van der Waals surface area contributed by atoms with Gasteiger partial charge in [-0.05, 0) is 24.8 Å². The third kappa shape index (κ3) is 3.30. The first kappa shape index (κ1) is 13.0. The zero-order valence-corrected chi connectivity index (χ0v) is 11.8. The van der Waals surface area contributed by atoms with Gasteiger partial charge in [0.1, 0.15) is 0 Å². The number of aryl methyl sites for hydroxylation is 1. The van der Waals surface area contributed by atoms with Crippen molar-refractivity contribution in [2.75, 3.05) is 11.1 Å². The third-order valence-corrected chi connectivity index (χ3v) is 3.81. The Bertz CT molecular complexity index is 554. The summed E-state index contributed by atoms with van der Waals surface area (Å²) in [6.07, 6.45) is 1.65. The van der Waals surface area contributed by atoms with Crippen molar-refractivity contribution in [3.8, 4) is 0 Å². The van der Waals surface area contributed by atoms with Gasteiger partial charge in [-0.25, -0.2) is 9.97 Å². The second kappa shape index (κ2) is 5.97. The molecule has 0 aliphatic carbocycles. The lowest BCUT2D eigenvalue weighted by Crippen LogP contribution is -2.11. The molecule has 2 heterocycles. The van der Waals surface area contributed by atoms with Crippen molar-refractivity contribution in [2.45, 2.75) is 18.9 Å². The van der Waals surface area contributed by atoms with Crippen molar-refractivity contribution in [3.05, 3.63) is 35.0 Å². The van der Waals surface area contributed by atoms with Crippen LogP contribution in [0, 0.1) is 6.92 Å². The fourth-order valence-corrected chi connectivity index (χ4v) is 2.68. The normalized spacial score (nSPS) is 10.3. The fourth-order valence-electron chi connectivity index (χ4n) is 1.36. The number of hydrogen-bond donors (Lipinski definition) is 1. The summed E-state index contributed by atoms with van der Waals surface area (Å²) < 4.78 is 0. The molecule has 2 aromatic rings. The van der Waals surface area contributed by atoms with Crippen molar-refractivity contribution in [2.24, 2.45) is 0 Å². The molecular formula is C12H13N3OS2. The van der Waals surface area contributed by atoms with Gasteiger partial charge in [0.05, 0.1) is 10.7 Å². The Kier molecular flexibility index (Phi) is 4.33. The number of nitrogens with one attached hydrogen (secondary N) is 1. The molecule has 18 heavy (non-hydrogen) atoms. The molecule has 0 saturated carbocycles. The van der Waals surface area contributed by atoms with Crippen molar-refractivity contribution in [3.63, 3.8) is 0 Å². The van der Waals surface area contributed by atoms with Crippen LogP contribution in [0.5, 0.6) is 0 Å². The highest BCUT2D eigenvalue weighted by Crippen LogP contribution is 2.18. The first-order valence-corrected chi connectivity index (χ1v) is 7.38. The number of pyridine rings is 1. The summed E-state index contributed by atoms with van der Waals surface area (Å²) in [6, 6.07) is 3.50. The minimum absolute atomic E-state index is 0.148. The molecule has 0 aromatic carbocycles. The monoisotopic (exact) mass is 279 g/mol. The Morgan fingerprint density at radius 3 is 3.06 bits per heavy atom. The van der Waals surface area contributed by atoms with Crippen molar-refractivity contribution in [1.82, 2.24) is 9.97 Å². The van der Waals surface area contributed by atoms with Gasteiger partial charge >= 0.3 is 0 Å². The number of nitrogens with zero attached hydrogens (tertiary/aromatic N) is 2. The Balaban J connectivity index is 2.11. The maximum Gasteiger partial charge on any atom is 0.257 e. The number of aromatic nitrogens is 2. The molecule has 94 valence electrons. The van der Waals surface area contributed by atoms with Gasteiger partial charge < -0.3 is 0 Å². The maximum atomic E-state index is 12.0. The second-order valence-corrected chi connectivity index (χ2v) is 5.71. The van der Waals surface area contributed by atoms with Gasteiger partial charge in [0.2, 0.25) is 0 Å². The number of hydrogen-bond acceptors (Lipinski definition) is 5. The summed E-state index contributed by atoms with van der Waals surface area (Å²) >= 11 is 3.04. The minimum Gasteiger partial charge on any atom is -0.298 e. The van der Waals surface area contributed by atoms with Crippen LogP contribution in [0.4, 0.5) is 5.13 Å². The number of carbonyl (C=O) groups excluding carboxylic acids is 1. The molecule has 2 aromatic heterocycles. The molecule has 0 aliphatic rings. The van der Waals surface area contributed by atoms with Crippen LogP contribution >= 0.6 is 23.1 Å². The number of amides is 1. The summed E-state index contributed by atoms with van der Waals surface area (Å²) in [7, 11) is 0. The van der Waals surface area contributed by atoms with E-state index in [1.165, 1.54) is 11.3 Å². The first-order valence-electron chi connectivity index (χ1n) is 5.51. The van der Waals surface area contributed by atoms with Crippen LogP contribution in [0.1, 0.15) is 23.0 Å². The molecule has 0 bridgehead atoms. The highest BCUT2D eigenvalue weighted by atomic mass is 32.2. The zero-order chi connectivity index (χ0) is 13.0. The highest BCUT2D eigenvalue weighted by molar-refractivity contribution is 7.99. The van der Waals surface area contributed by atoms with Crippen LogP contribution in [-0.4, -0.2) is 21.6 Å². The van der Waals surface area contributed by atoms with Crippen LogP contribution in [0.2, 0.25) is 0 Å². The van der Waals surface area contributed by atoms with E-state index in [9.17, 15) is 4.79 Å². The molecule has 0 saturated heterocycles. The molecule has 6 heteroatoms. The van der Waals surface area contributed by atoms with Crippen LogP contribution < -0.4 is 5.32 Å². The highest BCUT2D eigenvalue weighted by Gasteiger charge is 2.09. The predicted molar refractivity (Wildman–Crippen MR) is 75.4 cm³/mol. The lowest BCUT2D eigenvalue weighted by Gasteiger charge is -2.03. The fraction of sp³-hybridized carbons (Fsp3) is 0.250. The lowest BCUT2D eigenvalue weighted by atomic mass is 10.2. The molecule has 1 N–H and O–H groups in total. The molecule has 4 nitrogen and oxygen atoms in total. The van der Waals surface area contributed by atoms with E-state index in [-0.39, 0.29) is 5.91 Å². The van der Waals surface area contributed by atoms with E-state index >= 15 is 0 Å².